The molecule has 0 aliphatic heterocycles. The number of imidazole rings is 1. The Morgan fingerprint density at radius 1 is 1.29 bits per heavy atom. The Morgan fingerprint density at radius 3 is 2.60 bits per heavy atom. The van der Waals surface area contributed by atoms with Gasteiger partial charge in [-0.25, -0.2) is 14.2 Å². The molecule has 0 saturated carbocycles. The summed E-state index contributed by atoms with van der Waals surface area (Å²) in [6.07, 6.45) is -0.876. The Morgan fingerprint density at radius 2 is 2.00 bits per heavy atom. The summed E-state index contributed by atoms with van der Waals surface area (Å²) in [5.41, 5.74) is 1.47. The van der Waals surface area contributed by atoms with Crippen molar-refractivity contribution in [3.8, 4) is 17.3 Å². The van der Waals surface area contributed by atoms with Gasteiger partial charge in [0.05, 0.1) is 11.6 Å². The second kappa shape index (κ2) is 11.5. The van der Waals surface area contributed by atoms with Crippen LogP contribution in [0.25, 0.3) is 11.3 Å². The molecule has 1 aromatic heterocycles. The molecule has 1 heterocycles. The van der Waals surface area contributed by atoms with Crippen LogP contribution in [0.15, 0.2) is 48.5 Å². The largest absolute Gasteiger partial charge is 0.465 e. The molecule has 184 valence electrons. The molecule has 0 aliphatic rings. The summed E-state index contributed by atoms with van der Waals surface area (Å²) in [5, 5.41) is 21.3. The van der Waals surface area contributed by atoms with Gasteiger partial charge >= 0.3 is 6.09 Å². The summed E-state index contributed by atoms with van der Waals surface area (Å²) in [5.74, 6) is -0.331. The zero-order valence-electron chi connectivity index (χ0n) is 19.9. The molecule has 0 fully saturated rings. The minimum Gasteiger partial charge on any atom is -0.465 e. The molecular weight excluding hydrogens is 487 g/mol. The van der Waals surface area contributed by atoms with E-state index in [0.29, 0.717) is 24.4 Å². The third kappa shape index (κ3) is 7.15. The number of carboxylic acid groups (broad SMARTS) is 1. The third-order valence-corrected chi connectivity index (χ3v) is 7.49. The standard InChI is InChI=1S/C25H28ClFN4O3Si/c1-35(2,3)12-11-34-16-31-23(26)22(18-9-10-19(15-28)20(27)14-18)30-24(31)21(29-25(32)33)13-17-7-5-4-6-8-17/h4-10,14,21,29H,11-13,16H2,1-3H3,(H,32,33)/t21-/m0/s1. The summed E-state index contributed by atoms with van der Waals surface area (Å²) in [4.78, 5) is 16.3. The smallest absolute Gasteiger partial charge is 0.405 e. The minimum absolute atomic E-state index is 0.0665. The van der Waals surface area contributed by atoms with Crippen LogP contribution in [-0.2, 0) is 17.9 Å². The van der Waals surface area contributed by atoms with E-state index >= 15 is 0 Å². The van der Waals surface area contributed by atoms with Crippen molar-refractivity contribution in [1.29, 1.82) is 5.26 Å². The van der Waals surface area contributed by atoms with Gasteiger partial charge in [-0.2, -0.15) is 5.26 Å². The van der Waals surface area contributed by atoms with Gasteiger partial charge in [0.25, 0.3) is 0 Å². The van der Waals surface area contributed by atoms with Crippen molar-refractivity contribution in [3.05, 3.63) is 76.5 Å². The Hall–Kier alpha value is -3.19. The second-order valence-electron chi connectivity index (χ2n) is 9.38. The number of rotatable bonds is 10. The number of carbonyl (C=O) groups is 1. The van der Waals surface area contributed by atoms with E-state index in [-0.39, 0.29) is 23.1 Å². The first kappa shape index (κ1) is 26.4. The van der Waals surface area contributed by atoms with Crippen LogP contribution in [0.5, 0.6) is 0 Å². The quantitative estimate of drug-likeness (QED) is 0.252. The predicted octanol–water partition coefficient (Wildman–Crippen LogP) is 6.08. The lowest BCUT2D eigenvalue weighted by Crippen LogP contribution is -2.31. The molecule has 0 spiro atoms. The molecule has 0 aliphatic carbocycles. The molecule has 2 N–H and O–H groups in total. The van der Waals surface area contributed by atoms with Gasteiger partial charge in [-0.3, -0.25) is 4.57 Å². The Labute approximate surface area is 210 Å². The van der Waals surface area contributed by atoms with Crippen molar-refractivity contribution in [2.45, 2.75) is 44.9 Å². The molecule has 0 saturated heterocycles. The zero-order valence-corrected chi connectivity index (χ0v) is 21.6. The number of ether oxygens (including phenoxy) is 1. The monoisotopic (exact) mass is 514 g/mol. The molecule has 7 nitrogen and oxygen atoms in total. The summed E-state index contributed by atoms with van der Waals surface area (Å²) in [7, 11) is -1.32. The molecule has 3 rings (SSSR count). The Balaban J connectivity index is 2.03. The molecule has 2 aromatic carbocycles. The third-order valence-electron chi connectivity index (χ3n) is 5.41. The van der Waals surface area contributed by atoms with Gasteiger partial charge in [0, 0.05) is 26.7 Å². The van der Waals surface area contributed by atoms with Crippen LogP contribution in [0.1, 0.15) is 23.0 Å². The lowest BCUT2D eigenvalue weighted by molar-refractivity contribution is 0.0838. The van der Waals surface area contributed by atoms with E-state index in [2.05, 4.69) is 29.9 Å². The van der Waals surface area contributed by atoms with E-state index in [0.717, 1.165) is 11.6 Å². The van der Waals surface area contributed by atoms with Gasteiger partial charge in [0.1, 0.15) is 35.3 Å². The number of halogens is 2. The zero-order chi connectivity index (χ0) is 25.6. The van der Waals surface area contributed by atoms with Crippen LogP contribution in [0.4, 0.5) is 9.18 Å². The molecule has 35 heavy (non-hydrogen) atoms. The second-order valence-corrected chi connectivity index (χ2v) is 15.4. The van der Waals surface area contributed by atoms with E-state index in [1.807, 2.05) is 30.3 Å². The summed E-state index contributed by atoms with van der Waals surface area (Å²) in [6, 6.07) is 15.5. The molecule has 0 radical (unpaired) electrons. The van der Waals surface area contributed by atoms with Crippen molar-refractivity contribution in [3.63, 3.8) is 0 Å². The van der Waals surface area contributed by atoms with Crippen LogP contribution >= 0.6 is 11.6 Å². The van der Waals surface area contributed by atoms with Crippen molar-refractivity contribution in [1.82, 2.24) is 14.9 Å². The average Bonchev–Trinajstić information content (AvgIpc) is 3.12. The topological polar surface area (TPSA) is 100 Å². The molecular formula is C25H28ClFN4O3Si. The number of hydrogen-bond donors (Lipinski definition) is 2. The highest BCUT2D eigenvalue weighted by Gasteiger charge is 2.26. The fourth-order valence-electron chi connectivity index (χ4n) is 3.51. The normalized spacial score (nSPS) is 12.2. The molecule has 3 aromatic rings. The van der Waals surface area contributed by atoms with E-state index < -0.39 is 26.0 Å². The number of amides is 1. The molecule has 10 heteroatoms. The summed E-state index contributed by atoms with van der Waals surface area (Å²) < 4.78 is 21.9. The molecule has 0 unspecified atom stereocenters. The lowest BCUT2D eigenvalue weighted by Gasteiger charge is -2.20. The van der Waals surface area contributed by atoms with E-state index in [1.54, 1.807) is 16.7 Å². The molecule has 1 atom stereocenters. The highest BCUT2D eigenvalue weighted by molar-refractivity contribution is 6.76. The van der Waals surface area contributed by atoms with Gasteiger partial charge < -0.3 is 15.2 Å². The minimum atomic E-state index is -1.32. The van der Waals surface area contributed by atoms with Crippen LogP contribution < -0.4 is 5.32 Å². The fraction of sp³-hybridized carbons (Fsp3) is 0.320. The number of benzene rings is 2. The molecule has 1 amide bonds. The van der Waals surface area contributed by atoms with Crippen LogP contribution in [0, 0.1) is 17.1 Å². The van der Waals surface area contributed by atoms with Gasteiger partial charge in [-0.1, -0.05) is 67.6 Å². The first-order valence-corrected chi connectivity index (χ1v) is 15.2. The van der Waals surface area contributed by atoms with Crippen LogP contribution in [0.2, 0.25) is 30.8 Å². The number of nitrogens with zero attached hydrogens (tertiary/aromatic N) is 3. The van der Waals surface area contributed by atoms with Crippen molar-refractivity contribution in [2.24, 2.45) is 0 Å². The predicted molar refractivity (Wildman–Crippen MR) is 135 cm³/mol. The van der Waals surface area contributed by atoms with Crippen LogP contribution in [0.3, 0.4) is 0 Å². The number of aromatic nitrogens is 2. The average molecular weight is 515 g/mol. The van der Waals surface area contributed by atoms with Crippen LogP contribution in [-0.4, -0.2) is 35.4 Å². The van der Waals surface area contributed by atoms with E-state index in [9.17, 15) is 14.3 Å². The molecule has 0 bridgehead atoms. The lowest BCUT2D eigenvalue weighted by atomic mass is 10.1. The number of hydrogen-bond acceptors (Lipinski definition) is 4. The van der Waals surface area contributed by atoms with Crippen molar-refractivity contribution < 1.29 is 19.0 Å². The highest BCUT2D eigenvalue weighted by atomic mass is 35.5. The SMILES string of the molecule is C[Si](C)(C)CCOCn1c([C@H](Cc2ccccc2)NC(=O)O)nc(-c2ccc(C#N)c(F)c2)c1Cl. The van der Waals surface area contributed by atoms with Gasteiger partial charge in [-0.05, 0) is 23.7 Å². The van der Waals surface area contributed by atoms with Gasteiger partial charge in [0.15, 0.2) is 0 Å². The van der Waals surface area contributed by atoms with Crippen molar-refractivity contribution in [2.75, 3.05) is 6.61 Å². The highest BCUT2D eigenvalue weighted by Crippen LogP contribution is 2.33. The van der Waals surface area contributed by atoms with E-state index in [1.165, 1.54) is 12.1 Å². The van der Waals surface area contributed by atoms with Crippen molar-refractivity contribution >= 4 is 25.8 Å². The number of nitriles is 1. The number of nitrogens with one attached hydrogen (secondary N) is 1. The van der Waals surface area contributed by atoms with Gasteiger partial charge in [0.2, 0.25) is 0 Å². The Kier molecular flexibility index (Phi) is 8.67. The Bertz CT molecular complexity index is 1220. The first-order valence-electron chi connectivity index (χ1n) is 11.2. The maximum atomic E-state index is 14.3. The fourth-order valence-corrected chi connectivity index (χ4v) is 4.56. The van der Waals surface area contributed by atoms with Gasteiger partial charge in [-0.15, -0.1) is 0 Å². The maximum absolute atomic E-state index is 14.3. The summed E-state index contributed by atoms with van der Waals surface area (Å²) in [6.45, 7) is 7.33. The first-order chi connectivity index (χ1) is 16.6. The maximum Gasteiger partial charge on any atom is 0.405 e. The van der Waals surface area contributed by atoms with E-state index in [4.69, 9.17) is 21.6 Å². The summed E-state index contributed by atoms with van der Waals surface area (Å²) >= 11 is 6.71.